The van der Waals surface area contributed by atoms with E-state index < -0.39 is 4.92 Å². The molecule has 0 aliphatic carbocycles. The van der Waals surface area contributed by atoms with Crippen molar-refractivity contribution in [2.45, 2.75) is 19.5 Å². The molecule has 0 aliphatic heterocycles. The Labute approximate surface area is 115 Å². The third kappa shape index (κ3) is 2.81. The molecule has 1 unspecified atom stereocenters. The molecular formula is C13H13N5O2. The van der Waals surface area contributed by atoms with Gasteiger partial charge in [-0.3, -0.25) is 14.8 Å². The molecule has 0 fully saturated rings. The summed E-state index contributed by atoms with van der Waals surface area (Å²) in [6.07, 6.45) is 1.77. The summed E-state index contributed by atoms with van der Waals surface area (Å²) < 4.78 is 1.68. The average molecular weight is 271 g/mol. The Kier molecular flexibility index (Phi) is 3.77. The highest BCUT2D eigenvalue weighted by Crippen LogP contribution is 2.25. The molecule has 0 radical (unpaired) electrons. The van der Waals surface area contributed by atoms with Gasteiger partial charge in [0.15, 0.2) is 0 Å². The van der Waals surface area contributed by atoms with Crippen LogP contribution in [0.15, 0.2) is 30.5 Å². The predicted molar refractivity (Wildman–Crippen MR) is 72.7 cm³/mol. The molecule has 2 N–H and O–H groups in total. The minimum absolute atomic E-state index is 0.0296. The molecule has 7 heteroatoms. The molecule has 0 bridgehead atoms. The largest absolute Gasteiger partial charge is 0.326 e. The number of hydrogen-bond acceptors (Lipinski definition) is 5. The van der Waals surface area contributed by atoms with Crippen molar-refractivity contribution in [1.29, 1.82) is 5.26 Å². The third-order valence-corrected chi connectivity index (χ3v) is 2.73. The van der Waals surface area contributed by atoms with E-state index in [2.05, 4.69) is 5.10 Å². The van der Waals surface area contributed by atoms with Crippen LogP contribution in [-0.4, -0.2) is 20.7 Å². The van der Waals surface area contributed by atoms with Crippen LogP contribution in [0.1, 0.15) is 12.5 Å². The van der Waals surface area contributed by atoms with Gasteiger partial charge in [0.2, 0.25) is 0 Å². The molecule has 0 saturated carbocycles. The number of nitriles is 1. The Bertz CT molecular complexity index is 684. The van der Waals surface area contributed by atoms with Crippen LogP contribution in [0.5, 0.6) is 0 Å². The predicted octanol–water partition coefficient (Wildman–Crippen LogP) is 1.68. The number of nitro groups is 1. The molecule has 102 valence electrons. The van der Waals surface area contributed by atoms with E-state index in [0.29, 0.717) is 17.8 Å². The summed E-state index contributed by atoms with van der Waals surface area (Å²) in [4.78, 5) is 10.4. The Morgan fingerprint density at radius 1 is 1.55 bits per heavy atom. The van der Waals surface area contributed by atoms with Gasteiger partial charge in [0.05, 0.1) is 17.2 Å². The summed E-state index contributed by atoms with van der Waals surface area (Å²) in [7, 11) is 0. The average Bonchev–Trinajstić information content (AvgIpc) is 2.85. The van der Waals surface area contributed by atoms with Gasteiger partial charge in [0, 0.05) is 23.9 Å². The molecule has 0 spiro atoms. The van der Waals surface area contributed by atoms with Gasteiger partial charge < -0.3 is 5.73 Å². The van der Waals surface area contributed by atoms with Crippen LogP contribution in [0.4, 0.5) is 5.69 Å². The van der Waals surface area contributed by atoms with Crippen LogP contribution in [0.25, 0.3) is 11.3 Å². The normalized spacial score (nSPS) is 11.8. The zero-order valence-electron chi connectivity index (χ0n) is 10.9. The van der Waals surface area contributed by atoms with Crippen molar-refractivity contribution in [2.75, 3.05) is 0 Å². The van der Waals surface area contributed by atoms with Gasteiger partial charge in [-0.15, -0.1) is 0 Å². The van der Waals surface area contributed by atoms with Crippen molar-refractivity contribution in [3.8, 4) is 17.3 Å². The number of aromatic nitrogens is 2. The quantitative estimate of drug-likeness (QED) is 0.671. The fourth-order valence-electron chi connectivity index (χ4n) is 1.85. The number of benzene rings is 1. The Morgan fingerprint density at radius 3 is 2.90 bits per heavy atom. The van der Waals surface area contributed by atoms with E-state index in [1.807, 2.05) is 6.92 Å². The maximum absolute atomic E-state index is 10.9. The van der Waals surface area contributed by atoms with Crippen LogP contribution in [0, 0.1) is 21.4 Å². The summed E-state index contributed by atoms with van der Waals surface area (Å²) in [6, 6.07) is 7.96. The van der Waals surface area contributed by atoms with E-state index in [1.165, 1.54) is 12.1 Å². The topological polar surface area (TPSA) is 111 Å². The van der Waals surface area contributed by atoms with Crippen molar-refractivity contribution in [2.24, 2.45) is 5.73 Å². The van der Waals surface area contributed by atoms with Crippen molar-refractivity contribution in [3.05, 3.63) is 46.1 Å². The summed E-state index contributed by atoms with van der Waals surface area (Å²) in [5, 5.41) is 24.1. The molecule has 1 heterocycles. The molecule has 1 aromatic carbocycles. The van der Waals surface area contributed by atoms with Crippen LogP contribution >= 0.6 is 0 Å². The minimum Gasteiger partial charge on any atom is -0.326 e. The van der Waals surface area contributed by atoms with E-state index >= 15 is 0 Å². The number of nitrogens with zero attached hydrogens (tertiary/aromatic N) is 4. The highest BCUT2D eigenvalue weighted by molar-refractivity contribution is 5.65. The van der Waals surface area contributed by atoms with E-state index in [9.17, 15) is 10.1 Å². The maximum atomic E-state index is 10.9. The Hall–Kier alpha value is -2.72. The zero-order chi connectivity index (χ0) is 14.7. The molecule has 0 saturated heterocycles. The minimum atomic E-state index is -0.568. The second-order valence-electron chi connectivity index (χ2n) is 4.50. The lowest BCUT2D eigenvalue weighted by molar-refractivity contribution is -0.385. The lowest BCUT2D eigenvalue weighted by atomic mass is 10.1. The number of nitro benzene ring substituents is 1. The number of nitrogens with two attached hydrogens (primary N) is 1. The number of rotatable bonds is 4. The highest BCUT2D eigenvalue weighted by Gasteiger charge is 2.15. The first-order valence-electron chi connectivity index (χ1n) is 5.99. The SMILES string of the molecule is CC(N)Cn1ccc(-c2ccc(C#N)c([N+](=O)[O-])c2)n1. The molecule has 0 amide bonds. The van der Waals surface area contributed by atoms with Crippen LogP contribution < -0.4 is 5.73 Å². The van der Waals surface area contributed by atoms with Gasteiger partial charge in [0.1, 0.15) is 11.6 Å². The molecule has 7 nitrogen and oxygen atoms in total. The van der Waals surface area contributed by atoms with Crippen molar-refractivity contribution >= 4 is 5.69 Å². The zero-order valence-corrected chi connectivity index (χ0v) is 10.9. The molecular weight excluding hydrogens is 258 g/mol. The Morgan fingerprint density at radius 2 is 2.30 bits per heavy atom. The molecule has 2 rings (SSSR count). The van der Waals surface area contributed by atoms with Gasteiger partial charge in [-0.25, -0.2) is 0 Å². The molecule has 20 heavy (non-hydrogen) atoms. The summed E-state index contributed by atoms with van der Waals surface area (Å²) in [5.74, 6) is 0. The van der Waals surface area contributed by atoms with Crippen molar-refractivity contribution < 1.29 is 4.92 Å². The van der Waals surface area contributed by atoms with Gasteiger partial charge in [-0.1, -0.05) is 6.07 Å². The van der Waals surface area contributed by atoms with E-state index in [-0.39, 0.29) is 17.3 Å². The smallest absolute Gasteiger partial charge is 0.287 e. The van der Waals surface area contributed by atoms with E-state index in [0.717, 1.165) is 0 Å². The van der Waals surface area contributed by atoms with Crippen LogP contribution in [0.2, 0.25) is 0 Å². The second kappa shape index (κ2) is 5.50. The van der Waals surface area contributed by atoms with Gasteiger partial charge >= 0.3 is 0 Å². The standard InChI is InChI=1S/C13H13N5O2/c1-9(15)8-17-5-4-12(16-17)10-2-3-11(7-14)13(6-10)18(19)20/h2-6,9H,8,15H2,1H3. The van der Waals surface area contributed by atoms with Gasteiger partial charge in [-0.05, 0) is 19.1 Å². The summed E-state index contributed by atoms with van der Waals surface area (Å²) in [5.41, 5.74) is 6.71. The highest BCUT2D eigenvalue weighted by atomic mass is 16.6. The molecule has 1 atom stereocenters. The van der Waals surface area contributed by atoms with Crippen molar-refractivity contribution in [3.63, 3.8) is 0 Å². The molecule has 0 aliphatic rings. The molecule has 2 aromatic rings. The monoisotopic (exact) mass is 271 g/mol. The fourth-order valence-corrected chi connectivity index (χ4v) is 1.85. The van der Waals surface area contributed by atoms with E-state index in [1.54, 1.807) is 29.1 Å². The lowest BCUT2D eigenvalue weighted by Crippen LogP contribution is -2.22. The first kappa shape index (κ1) is 13.7. The molecule has 1 aromatic heterocycles. The maximum Gasteiger partial charge on any atom is 0.287 e. The Balaban J connectivity index is 2.38. The van der Waals surface area contributed by atoms with Crippen molar-refractivity contribution in [1.82, 2.24) is 9.78 Å². The van der Waals surface area contributed by atoms with Crippen LogP contribution in [-0.2, 0) is 6.54 Å². The van der Waals surface area contributed by atoms with E-state index in [4.69, 9.17) is 11.0 Å². The van der Waals surface area contributed by atoms with Crippen LogP contribution in [0.3, 0.4) is 0 Å². The third-order valence-electron chi connectivity index (χ3n) is 2.73. The second-order valence-corrected chi connectivity index (χ2v) is 4.50. The summed E-state index contributed by atoms with van der Waals surface area (Å²) >= 11 is 0. The lowest BCUT2D eigenvalue weighted by Gasteiger charge is -2.04. The fraction of sp³-hybridized carbons (Fsp3) is 0.231. The van der Waals surface area contributed by atoms with Gasteiger partial charge in [-0.2, -0.15) is 10.4 Å². The first-order chi connectivity index (χ1) is 9.51. The number of hydrogen-bond donors (Lipinski definition) is 1. The first-order valence-corrected chi connectivity index (χ1v) is 5.99. The summed E-state index contributed by atoms with van der Waals surface area (Å²) in [6.45, 7) is 2.44. The van der Waals surface area contributed by atoms with Gasteiger partial charge in [0.25, 0.3) is 5.69 Å².